The van der Waals surface area contributed by atoms with E-state index in [4.69, 9.17) is 15.6 Å². The Labute approximate surface area is 73.1 Å². The summed E-state index contributed by atoms with van der Waals surface area (Å²) in [5, 5.41) is 10.7. The molecule has 0 amide bonds. The third kappa shape index (κ3) is 6.12. The van der Waals surface area contributed by atoms with Crippen LogP contribution in [0.5, 0.6) is 0 Å². The molecule has 4 N–H and O–H groups in total. The molecule has 4 nitrogen and oxygen atoms in total. The summed E-state index contributed by atoms with van der Waals surface area (Å²) in [5.41, 5.74) is 5.74. The van der Waals surface area contributed by atoms with Gasteiger partial charge in [-0.05, 0) is 25.4 Å². The van der Waals surface area contributed by atoms with Crippen molar-refractivity contribution < 1.29 is 9.90 Å². The van der Waals surface area contributed by atoms with Crippen molar-refractivity contribution in [2.75, 3.05) is 13.1 Å². The molecule has 0 aromatic heterocycles. The lowest BCUT2D eigenvalue weighted by molar-refractivity contribution is -0.134. The van der Waals surface area contributed by atoms with Gasteiger partial charge in [0.05, 0.1) is 0 Å². The van der Waals surface area contributed by atoms with Crippen molar-refractivity contribution in [3.05, 3.63) is 0 Å². The highest BCUT2D eigenvalue weighted by atomic mass is 16.4. The van der Waals surface area contributed by atoms with E-state index >= 15 is 0 Å². The summed E-state index contributed by atoms with van der Waals surface area (Å²) in [6.07, 6.45) is 1.14. The minimum atomic E-state index is -0.833. The number of piperidine rings is 1. The lowest BCUT2D eigenvalue weighted by atomic mass is 9.97. The molecule has 0 saturated carbocycles. The third-order valence-electron chi connectivity index (χ3n) is 1.85. The van der Waals surface area contributed by atoms with Gasteiger partial charge in [0.2, 0.25) is 0 Å². The van der Waals surface area contributed by atoms with Gasteiger partial charge < -0.3 is 16.2 Å². The summed E-state index contributed by atoms with van der Waals surface area (Å²) >= 11 is 0. The minimum Gasteiger partial charge on any atom is -0.481 e. The van der Waals surface area contributed by atoms with Crippen LogP contribution in [0.4, 0.5) is 0 Å². The molecule has 72 valence electrons. The highest BCUT2D eigenvalue weighted by molar-refractivity contribution is 5.62. The van der Waals surface area contributed by atoms with Crippen molar-refractivity contribution >= 4 is 5.97 Å². The molecule has 1 aliphatic rings. The second kappa shape index (κ2) is 5.97. The molecular weight excluding hydrogens is 156 g/mol. The quantitative estimate of drug-likeness (QED) is 0.484. The Morgan fingerprint density at radius 2 is 2.17 bits per heavy atom. The largest absolute Gasteiger partial charge is 0.481 e. The van der Waals surface area contributed by atoms with Crippen molar-refractivity contribution in [2.24, 2.45) is 11.7 Å². The monoisotopic (exact) mass is 174 g/mol. The highest BCUT2D eigenvalue weighted by Gasteiger charge is 2.15. The van der Waals surface area contributed by atoms with Crippen LogP contribution < -0.4 is 11.1 Å². The van der Waals surface area contributed by atoms with E-state index in [2.05, 4.69) is 12.2 Å². The third-order valence-corrected chi connectivity index (χ3v) is 1.85. The maximum absolute atomic E-state index is 9.00. The Bertz CT molecular complexity index is 125. The van der Waals surface area contributed by atoms with Crippen LogP contribution in [0, 0.1) is 5.92 Å². The summed E-state index contributed by atoms with van der Waals surface area (Å²) in [6.45, 7) is 5.48. The van der Waals surface area contributed by atoms with Crippen LogP contribution >= 0.6 is 0 Å². The van der Waals surface area contributed by atoms with Crippen LogP contribution in [0.3, 0.4) is 0 Å². The second-order valence-electron chi connectivity index (χ2n) is 3.15. The zero-order valence-corrected chi connectivity index (χ0v) is 7.71. The molecule has 0 aromatic carbocycles. The maximum Gasteiger partial charge on any atom is 0.300 e. The molecular formula is C8H18N2O2. The van der Waals surface area contributed by atoms with E-state index in [0.29, 0.717) is 12.0 Å². The topological polar surface area (TPSA) is 75.3 Å². The maximum atomic E-state index is 9.00. The fourth-order valence-corrected chi connectivity index (χ4v) is 1.03. The molecule has 1 heterocycles. The Hall–Kier alpha value is -0.610. The van der Waals surface area contributed by atoms with E-state index in [1.54, 1.807) is 0 Å². The zero-order valence-electron chi connectivity index (χ0n) is 7.71. The number of carboxylic acid groups (broad SMARTS) is 1. The number of nitrogens with one attached hydrogen (secondary N) is 1. The molecule has 1 aliphatic heterocycles. The Morgan fingerprint density at radius 1 is 1.67 bits per heavy atom. The van der Waals surface area contributed by atoms with Gasteiger partial charge in [-0.15, -0.1) is 0 Å². The van der Waals surface area contributed by atoms with Crippen LogP contribution in [-0.4, -0.2) is 30.2 Å². The molecule has 0 aromatic rings. The lowest BCUT2D eigenvalue weighted by Crippen LogP contribution is -2.43. The number of hydrogen-bond acceptors (Lipinski definition) is 3. The van der Waals surface area contributed by atoms with E-state index in [0.717, 1.165) is 26.4 Å². The van der Waals surface area contributed by atoms with Gasteiger partial charge in [-0.1, -0.05) is 6.92 Å². The molecule has 2 atom stereocenters. The first-order chi connectivity index (χ1) is 5.54. The second-order valence-corrected chi connectivity index (χ2v) is 3.15. The summed E-state index contributed by atoms with van der Waals surface area (Å²) in [7, 11) is 0. The smallest absolute Gasteiger partial charge is 0.300 e. The van der Waals surface area contributed by atoms with Gasteiger partial charge in [0.15, 0.2) is 0 Å². The molecule has 1 rings (SSSR count). The number of nitrogens with two attached hydrogens (primary N) is 1. The molecule has 2 unspecified atom stereocenters. The Balaban J connectivity index is 0.000000261. The van der Waals surface area contributed by atoms with Gasteiger partial charge in [-0.2, -0.15) is 0 Å². The van der Waals surface area contributed by atoms with Gasteiger partial charge in [-0.25, -0.2) is 0 Å². The van der Waals surface area contributed by atoms with Gasteiger partial charge in [0.25, 0.3) is 5.97 Å². The van der Waals surface area contributed by atoms with Crippen molar-refractivity contribution in [1.82, 2.24) is 5.32 Å². The summed E-state index contributed by atoms with van der Waals surface area (Å²) in [5.74, 6) is -0.163. The minimum absolute atomic E-state index is 0.441. The van der Waals surface area contributed by atoms with Gasteiger partial charge in [0.1, 0.15) is 0 Å². The van der Waals surface area contributed by atoms with Crippen LogP contribution in [-0.2, 0) is 4.79 Å². The Kier molecular flexibility index (Phi) is 5.66. The molecule has 0 spiro atoms. The first-order valence-corrected chi connectivity index (χ1v) is 4.20. The summed E-state index contributed by atoms with van der Waals surface area (Å²) in [6, 6.07) is 0.441. The average Bonchev–Trinajstić information content (AvgIpc) is 1.94. The van der Waals surface area contributed by atoms with Crippen LogP contribution in [0.2, 0.25) is 0 Å². The fraction of sp³-hybridized carbons (Fsp3) is 0.875. The summed E-state index contributed by atoms with van der Waals surface area (Å²) in [4.78, 5) is 9.00. The SMILES string of the molecule is CC(=O)O.CC1CNCCC1N. The van der Waals surface area contributed by atoms with E-state index in [1.807, 2.05) is 0 Å². The van der Waals surface area contributed by atoms with E-state index in [1.165, 1.54) is 0 Å². The first-order valence-electron chi connectivity index (χ1n) is 4.20. The van der Waals surface area contributed by atoms with E-state index in [9.17, 15) is 0 Å². The van der Waals surface area contributed by atoms with Gasteiger partial charge in [0, 0.05) is 13.0 Å². The molecule has 1 saturated heterocycles. The molecule has 12 heavy (non-hydrogen) atoms. The van der Waals surface area contributed by atoms with Gasteiger partial charge >= 0.3 is 0 Å². The number of carboxylic acids is 1. The van der Waals surface area contributed by atoms with Crippen molar-refractivity contribution in [3.63, 3.8) is 0 Å². The average molecular weight is 174 g/mol. The van der Waals surface area contributed by atoms with Crippen LogP contribution in [0.25, 0.3) is 0 Å². The lowest BCUT2D eigenvalue weighted by Gasteiger charge is -2.25. The predicted octanol–water partition coefficient (Wildman–Crippen LogP) is 0.0340. The van der Waals surface area contributed by atoms with Crippen LogP contribution in [0.1, 0.15) is 20.3 Å². The van der Waals surface area contributed by atoms with E-state index < -0.39 is 5.97 Å². The Morgan fingerprint density at radius 3 is 2.42 bits per heavy atom. The number of hydrogen-bond donors (Lipinski definition) is 3. The molecule has 4 heteroatoms. The van der Waals surface area contributed by atoms with E-state index in [-0.39, 0.29) is 0 Å². The van der Waals surface area contributed by atoms with Gasteiger partial charge in [-0.3, -0.25) is 4.79 Å². The molecule has 0 aliphatic carbocycles. The fourth-order valence-electron chi connectivity index (χ4n) is 1.03. The van der Waals surface area contributed by atoms with Crippen LogP contribution in [0.15, 0.2) is 0 Å². The molecule has 0 radical (unpaired) electrons. The summed E-state index contributed by atoms with van der Waals surface area (Å²) < 4.78 is 0. The predicted molar refractivity (Wildman–Crippen MR) is 47.9 cm³/mol. The van der Waals surface area contributed by atoms with Crippen molar-refractivity contribution in [3.8, 4) is 0 Å². The molecule has 1 fully saturated rings. The molecule has 0 bridgehead atoms. The zero-order chi connectivity index (χ0) is 9.56. The normalized spacial score (nSPS) is 28.6. The number of aliphatic carboxylic acids is 1. The standard InChI is InChI=1S/C6H14N2.C2H4O2/c1-5-4-8-3-2-6(5)7;1-2(3)4/h5-6,8H,2-4,7H2,1H3;1H3,(H,3,4). The number of rotatable bonds is 0. The van der Waals surface area contributed by atoms with Crippen molar-refractivity contribution in [2.45, 2.75) is 26.3 Å². The van der Waals surface area contributed by atoms with Crippen molar-refractivity contribution in [1.29, 1.82) is 0 Å². The number of carbonyl (C=O) groups is 1. The first kappa shape index (κ1) is 11.4. The highest BCUT2D eigenvalue weighted by Crippen LogP contribution is 2.06.